The quantitative estimate of drug-likeness (QED) is 0.148. The molecule has 101 heavy (non-hydrogen) atoms. The molecule has 13 aromatic carbocycles. The molecule has 0 unspecified atom stereocenters. The average Bonchev–Trinajstić information content (AvgIpc) is 1.26. The maximum Gasteiger partial charge on any atom is 0.252 e. The second kappa shape index (κ2) is 22.8. The Bertz CT molecular complexity index is 6320. The van der Waals surface area contributed by atoms with Gasteiger partial charge in [-0.2, -0.15) is 0 Å². The molecule has 0 bridgehead atoms. The highest BCUT2D eigenvalue weighted by Gasteiger charge is 2.46. The van der Waals surface area contributed by atoms with Crippen LogP contribution in [-0.2, 0) is 28.1 Å². The van der Waals surface area contributed by atoms with Gasteiger partial charge in [-0.15, -0.1) is 0 Å². The van der Waals surface area contributed by atoms with Crippen molar-refractivity contribution < 1.29 is 21.9 Å². The van der Waals surface area contributed by atoms with Crippen LogP contribution in [0, 0.1) is 0 Å². The van der Waals surface area contributed by atoms with Crippen molar-refractivity contribution in [2.45, 2.75) is 117 Å². The van der Waals surface area contributed by atoms with Crippen molar-refractivity contribution in [3.63, 3.8) is 0 Å². The van der Waals surface area contributed by atoms with Crippen molar-refractivity contribution in [3.05, 3.63) is 329 Å². The summed E-state index contributed by atoms with van der Waals surface area (Å²) in [6, 6.07) is 56.6. The summed E-state index contributed by atoms with van der Waals surface area (Å²) in [5, 5.41) is -0.239. The third kappa shape index (κ3) is 10.1. The molecule has 0 atom stereocenters. The summed E-state index contributed by atoms with van der Waals surface area (Å²) in [4.78, 5) is 4.67. The second-order valence-electron chi connectivity index (χ2n) is 31.8. The zero-order valence-corrected chi connectivity index (χ0v) is 59.0. The topological polar surface area (TPSA) is 16.3 Å². The van der Waals surface area contributed by atoms with E-state index in [-0.39, 0.29) is 65.3 Å². The molecule has 15 aromatic rings. The SMILES string of the molecule is [2H]c1c([2H])c([2H])c2c(c1[2H])c1c([2H])c([2H])c([2H])c([2H])c1n2-c1ccc2c(c1)N(c1ccc(C(C)(C)C)cc1-c1ccc(C(C)(C)C)cc1)c1cc(C3c4ccccc4Cc4ccccc43)cc3c1B2c1ccc(-n2c4c([2H])c([2H])c([2H])c([2H])c4c4c([2H])c([2H])c([2H])c([2H])c42)cc1N3c1ccc(C(C)(C)C)cc1-c1ccc(C(C)(C)C)cc1. The van der Waals surface area contributed by atoms with E-state index in [0.717, 1.165) is 111 Å². The standard InChI is InChI=1S/C96H85BN4/c1-93(2,3)65-41-37-60(38-42-65)77-56-67(95(7,8)9)45-51-85(77)100-87-58-69(98-81-33-21-17-29-73(81)74-30-18-22-34-82(74)98)47-49-79(87)97-80-50-48-70(99-83-35-23-19-31-75(83)76-32-20-24-36-84(76)99)59-88(80)101(86-52-46-68(96(10,11)12)57-78(86)61-39-43-66(44-40-61)94(4,5)6)90-55-64(54-89(100)92(90)97)91-71-27-15-13-25-62(71)53-63-26-14-16-28-72(63)91/h13-52,54-59,91H,53H2,1-12H3/i17D,18D,19D,20D,21D,22D,23D,24D,29D,30D,31D,32D,33D,34D,35D,36D. The first kappa shape index (κ1) is 47.2. The lowest BCUT2D eigenvalue weighted by Gasteiger charge is -2.46. The Morgan fingerprint density at radius 2 is 0.683 bits per heavy atom. The molecule has 0 spiro atoms. The van der Waals surface area contributed by atoms with Gasteiger partial charge in [0.1, 0.15) is 0 Å². The molecule has 0 fully saturated rings. The Kier molecular flexibility index (Phi) is 10.7. The number of rotatable bonds is 7. The molecule has 0 N–H and O–H groups in total. The van der Waals surface area contributed by atoms with E-state index < -0.39 is 109 Å². The van der Waals surface area contributed by atoms with E-state index in [0.29, 0.717) is 29.2 Å². The molecular weight excluding hydrogens is 1220 g/mol. The van der Waals surface area contributed by atoms with Crippen LogP contribution in [0.2, 0.25) is 0 Å². The van der Waals surface area contributed by atoms with E-state index in [1.54, 1.807) is 9.13 Å². The first-order valence-corrected chi connectivity index (χ1v) is 35.0. The molecule has 2 aromatic heterocycles. The van der Waals surface area contributed by atoms with Crippen LogP contribution in [-0.4, -0.2) is 15.8 Å². The van der Waals surface area contributed by atoms with Crippen LogP contribution in [0.5, 0.6) is 0 Å². The highest BCUT2D eigenvalue weighted by molar-refractivity contribution is 7.00. The van der Waals surface area contributed by atoms with Crippen molar-refractivity contribution in [1.29, 1.82) is 0 Å². The Morgan fingerprint density at radius 1 is 0.337 bits per heavy atom. The molecule has 5 heteroatoms. The number of hydrogen-bond acceptors (Lipinski definition) is 2. The molecule has 0 amide bonds. The first-order chi connectivity index (χ1) is 55.3. The highest BCUT2D eigenvalue weighted by Crippen LogP contribution is 2.54. The lowest BCUT2D eigenvalue weighted by atomic mass is 9.33. The van der Waals surface area contributed by atoms with Crippen molar-refractivity contribution in [2.75, 3.05) is 9.80 Å². The predicted octanol–water partition coefficient (Wildman–Crippen LogP) is 23.6. The summed E-state index contributed by atoms with van der Waals surface area (Å²) in [6.07, 6.45) is 0.687. The third-order valence-corrected chi connectivity index (χ3v) is 21.4. The maximum atomic E-state index is 9.86. The van der Waals surface area contributed by atoms with E-state index in [1.165, 1.54) is 0 Å². The van der Waals surface area contributed by atoms with Gasteiger partial charge in [-0.25, -0.2) is 0 Å². The van der Waals surface area contributed by atoms with Crippen LogP contribution in [0.4, 0.5) is 34.1 Å². The first-order valence-electron chi connectivity index (χ1n) is 43.0. The molecule has 0 saturated carbocycles. The molecular formula is C96H85BN4. The van der Waals surface area contributed by atoms with Gasteiger partial charge in [-0.1, -0.05) is 277 Å². The van der Waals surface area contributed by atoms with Crippen LogP contribution >= 0.6 is 0 Å². The van der Waals surface area contributed by atoms with E-state index in [9.17, 15) is 16.4 Å². The Balaban J connectivity index is 1.06. The van der Waals surface area contributed by atoms with Gasteiger partial charge in [0.15, 0.2) is 0 Å². The van der Waals surface area contributed by atoms with Crippen molar-refractivity contribution >= 4 is 101 Å². The monoisotopic (exact) mass is 1320 g/mol. The Morgan fingerprint density at radius 3 is 1.05 bits per heavy atom. The molecule has 0 saturated heterocycles. The lowest BCUT2D eigenvalue weighted by Crippen LogP contribution is -2.61. The molecule has 0 radical (unpaired) electrons. The van der Waals surface area contributed by atoms with Crippen molar-refractivity contribution in [3.8, 4) is 33.6 Å². The lowest BCUT2D eigenvalue weighted by molar-refractivity contribution is 0.589. The Labute approximate surface area is 618 Å². The number of aromatic nitrogens is 2. The smallest absolute Gasteiger partial charge is 0.252 e. The maximum absolute atomic E-state index is 9.86. The fourth-order valence-corrected chi connectivity index (χ4v) is 16.2. The normalized spacial score (nSPS) is 16.0. The van der Waals surface area contributed by atoms with Crippen LogP contribution < -0.4 is 26.2 Å². The van der Waals surface area contributed by atoms with Crippen molar-refractivity contribution in [2.24, 2.45) is 0 Å². The minimum absolute atomic E-state index is 0.0358. The third-order valence-electron chi connectivity index (χ3n) is 21.4. The molecule has 18 rings (SSSR count). The highest BCUT2D eigenvalue weighted by atomic mass is 15.2. The number of fused-ring (bicyclic) bond motifs is 12. The number of hydrogen-bond donors (Lipinski definition) is 0. The summed E-state index contributed by atoms with van der Waals surface area (Å²) in [5.74, 6) is -0.400. The van der Waals surface area contributed by atoms with Crippen LogP contribution in [0.15, 0.2) is 279 Å². The zero-order chi connectivity index (χ0) is 83.1. The van der Waals surface area contributed by atoms with Crippen LogP contribution in [0.3, 0.4) is 0 Å². The summed E-state index contributed by atoms with van der Waals surface area (Å²) in [7, 11) is 0. The number of benzene rings is 13. The van der Waals surface area contributed by atoms with E-state index in [1.807, 2.05) is 36.4 Å². The number of nitrogens with zero attached hydrogens (tertiary/aromatic N) is 4. The molecule has 492 valence electrons. The van der Waals surface area contributed by atoms with Gasteiger partial charge in [-0.05, 0) is 191 Å². The van der Waals surface area contributed by atoms with E-state index in [2.05, 4.69) is 238 Å². The summed E-state index contributed by atoms with van der Waals surface area (Å²) in [5.41, 5.74) is 19.7. The van der Waals surface area contributed by atoms with Crippen LogP contribution in [0.1, 0.15) is 161 Å². The van der Waals surface area contributed by atoms with Crippen LogP contribution in [0.25, 0.3) is 77.2 Å². The van der Waals surface area contributed by atoms with Gasteiger partial charge in [0.2, 0.25) is 0 Å². The van der Waals surface area contributed by atoms with E-state index >= 15 is 0 Å². The Hall–Kier alpha value is -10.9. The van der Waals surface area contributed by atoms with E-state index in [4.69, 9.17) is 5.48 Å². The minimum atomic E-state index is -0.734. The van der Waals surface area contributed by atoms with Gasteiger partial charge < -0.3 is 18.9 Å². The molecule has 2 aliphatic heterocycles. The predicted molar refractivity (Wildman–Crippen MR) is 431 cm³/mol. The van der Waals surface area contributed by atoms with Crippen molar-refractivity contribution in [1.82, 2.24) is 9.13 Å². The molecule has 4 nitrogen and oxygen atoms in total. The van der Waals surface area contributed by atoms with Gasteiger partial charge in [0.05, 0.1) is 55.4 Å². The second-order valence-corrected chi connectivity index (χ2v) is 31.8. The summed E-state index contributed by atoms with van der Waals surface area (Å²) >= 11 is 0. The summed E-state index contributed by atoms with van der Waals surface area (Å²) < 4.78 is 154. The average molecular weight is 1320 g/mol. The zero-order valence-electron chi connectivity index (χ0n) is 75.0. The van der Waals surface area contributed by atoms with Gasteiger partial charge in [-0.3, -0.25) is 0 Å². The number of para-hydroxylation sites is 4. The van der Waals surface area contributed by atoms with Gasteiger partial charge in [0, 0.05) is 72.7 Å². The minimum Gasteiger partial charge on any atom is -0.311 e. The number of anilines is 6. The van der Waals surface area contributed by atoms with Gasteiger partial charge >= 0.3 is 0 Å². The fraction of sp³-hybridized carbons (Fsp3) is 0.188. The van der Waals surface area contributed by atoms with Gasteiger partial charge in [0.25, 0.3) is 6.71 Å². The largest absolute Gasteiger partial charge is 0.311 e. The molecule has 4 heterocycles. The fourth-order valence-electron chi connectivity index (χ4n) is 16.2. The summed E-state index contributed by atoms with van der Waals surface area (Å²) in [6.45, 7) is 25.7. The molecule has 1 aliphatic carbocycles. The molecule has 3 aliphatic rings.